The van der Waals surface area contributed by atoms with Gasteiger partial charge < -0.3 is 18.3 Å². The van der Waals surface area contributed by atoms with Gasteiger partial charge in [-0.1, -0.05) is 176 Å². The number of rotatable bonds is 4. The van der Waals surface area contributed by atoms with Crippen molar-refractivity contribution in [1.82, 2.24) is 18.3 Å². The van der Waals surface area contributed by atoms with Crippen molar-refractivity contribution in [3.63, 3.8) is 0 Å². The third kappa shape index (κ3) is 4.54. The highest BCUT2D eigenvalue weighted by molar-refractivity contribution is 6.32. The third-order valence-electron chi connectivity index (χ3n) is 15.0. The number of aromatic nitrogens is 4. The van der Waals surface area contributed by atoms with Crippen LogP contribution in [0.15, 0.2) is 231 Å². The molecule has 0 saturated carbocycles. The lowest BCUT2D eigenvalue weighted by molar-refractivity contribution is 1.07. The van der Waals surface area contributed by atoms with Gasteiger partial charge in [-0.2, -0.15) is 0 Å². The molecule has 0 atom stereocenters. The van der Waals surface area contributed by atoms with E-state index in [1.165, 1.54) is 97.5 Å². The molecule has 0 saturated heterocycles. The highest BCUT2D eigenvalue weighted by Crippen LogP contribution is 2.52. The summed E-state index contributed by atoms with van der Waals surface area (Å²) in [4.78, 5) is 0. The topological polar surface area (TPSA) is 19.7 Å². The summed E-state index contributed by atoms with van der Waals surface area (Å²) in [5.74, 6) is 0. The zero-order valence-corrected chi connectivity index (χ0v) is 36.7. The highest BCUT2D eigenvalue weighted by Gasteiger charge is 2.32. The number of nitrogens with zero attached hydrogens (tertiary/aromatic N) is 4. The molecular weight excluding hydrogens is 825 g/mol. The number of hydrogen-bond acceptors (Lipinski definition) is 0. The maximum absolute atomic E-state index is 2.62. The van der Waals surface area contributed by atoms with Gasteiger partial charge in [-0.3, -0.25) is 0 Å². The summed E-state index contributed by atoms with van der Waals surface area (Å²) >= 11 is 0. The van der Waals surface area contributed by atoms with Crippen LogP contribution in [-0.4, -0.2) is 18.3 Å². The summed E-state index contributed by atoms with van der Waals surface area (Å²) in [6, 6.07) is 86.0. The second-order valence-corrected chi connectivity index (χ2v) is 18.4. The Hall–Kier alpha value is -9.12. The zero-order chi connectivity index (χ0) is 44.2. The number of para-hydroxylation sites is 8. The largest absolute Gasteiger partial charge is 0.309 e. The molecule has 4 nitrogen and oxygen atoms in total. The van der Waals surface area contributed by atoms with Crippen molar-refractivity contribution in [2.45, 2.75) is 0 Å². The van der Waals surface area contributed by atoms with Gasteiger partial charge in [0.1, 0.15) is 0 Å². The Morgan fingerprint density at radius 1 is 0.191 bits per heavy atom. The van der Waals surface area contributed by atoms with Crippen molar-refractivity contribution in [1.29, 1.82) is 0 Å². The van der Waals surface area contributed by atoms with Crippen LogP contribution < -0.4 is 0 Å². The fourth-order valence-corrected chi connectivity index (χ4v) is 12.4. The molecule has 0 aliphatic heterocycles. The second kappa shape index (κ2) is 13.3. The van der Waals surface area contributed by atoms with Crippen LogP contribution in [0, 0.1) is 0 Å². The quantitative estimate of drug-likeness (QED) is 0.157. The molecule has 0 N–H and O–H groups in total. The minimum Gasteiger partial charge on any atom is -0.309 e. The van der Waals surface area contributed by atoms with E-state index in [-0.39, 0.29) is 0 Å². The molecule has 0 aliphatic rings. The summed E-state index contributed by atoms with van der Waals surface area (Å²) in [5.41, 5.74) is 13.9. The number of fused-ring (bicyclic) bond motifs is 12. The lowest BCUT2D eigenvalue weighted by Gasteiger charge is -2.28. The molecule has 0 amide bonds. The molecule has 0 fully saturated rings. The molecular formula is C64H38N4. The molecule has 68 heavy (non-hydrogen) atoms. The lowest BCUT2D eigenvalue weighted by Crippen LogP contribution is -2.12. The van der Waals surface area contributed by atoms with Crippen molar-refractivity contribution in [2.75, 3.05) is 0 Å². The Bertz CT molecular complexity index is 4590. The summed E-state index contributed by atoms with van der Waals surface area (Å²) in [6.45, 7) is 0. The Morgan fingerprint density at radius 2 is 0.515 bits per heavy atom. The van der Waals surface area contributed by atoms with Crippen LogP contribution in [0.25, 0.3) is 142 Å². The summed E-state index contributed by atoms with van der Waals surface area (Å²) in [7, 11) is 0. The number of benzene rings is 12. The van der Waals surface area contributed by atoms with E-state index in [9.17, 15) is 0 Å². The average Bonchev–Trinajstić information content (AvgIpc) is 4.13. The molecule has 4 heterocycles. The monoisotopic (exact) mass is 862 g/mol. The van der Waals surface area contributed by atoms with Gasteiger partial charge >= 0.3 is 0 Å². The summed E-state index contributed by atoms with van der Waals surface area (Å²) < 4.78 is 10.4. The first-order chi connectivity index (χ1) is 33.8. The van der Waals surface area contributed by atoms with Gasteiger partial charge in [0.2, 0.25) is 0 Å². The van der Waals surface area contributed by atoms with E-state index < -0.39 is 0 Å². The third-order valence-corrected chi connectivity index (χ3v) is 15.0. The molecule has 314 valence electrons. The van der Waals surface area contributed by atoms with E-state index in [2.05, 4.69) is 249 Å². The van der Waals surface area contributed by atoms with Gasteiger partial charge in [-0.05, 0) is 70.8 Å². The molecule has 0 spiro atoms. The van der Waals surface area contributed by atoms with E-state index in [0.29, 0.717) is 0 Å². The Kier molecular flexibility index (Phi) is 7.04. The smallest absolute Gasteiger partial charge is 0.0960 e. The molecule has 0 aliphatic carbocycles. The Morgan fingerprint density at radius 3 is 0.912 bits per heavy atom. The Labute approximate surface area is 389 Å². The molecule has 16 rings (SSSR count). The van der Waals surface area contributed by atoms with Gasteiger partial charge in [0.05, 0.1) is 66.9 Å². The first kappa shape index (κ1) is 36.1. The van der Waals surface area contributed by atoms with Crippen LogP contribution in [0.4, 0.5) is 0 Å². The van der Waals surface area contributed by atoms with E-state index >= 15 is 0 Å². The molecule has 4 aromatic heterocycles. The summed E-state index contributed by atoms with van der Waals surface area (Å²) in [5, 5.41) is 17.1. The van der Waals surface area contributed by atoms with Crippen molar-refractivity contribution >= 4 is 120 Å². The van der Waals surface area contributed by atoms with Crippen LogP contribution in [0.5, 0.6) is 0 Å². The molecule has 0 unspecified atom stereocenters. The van der Waals surface area contributed by atoms with Crippen LogP contribution in [0.1, 0.15) is 0 Å². The van der Waals surface area contributed by atoms with Gasteiger partial charge in [0.15, 0.2) is 0 Å². The van der Waals surface area contributed by atoms with Gasteiger partial charge in [-0.25, -0.2) is 0 Å². The van der Waals surface area contributed by atoms with Crippen molar-refractivity contribution in [2.24, 2.45) is 0 Å². The fourth-order valence-electron chi connectivity index (χ4n) is 12.4. The maximum atomic E-state index is 2.62. The molecule has 16 aromatic rings. The van der Waals surface area contributed by atoms with Gasteiger partial charge in [-0.15, -0.1) is 0 Å². The molecule has 12 aromatic carbocycles. The first-order valence-electron chi connectivity index (χ1n) is 23.5. The zero-order valence-electron chi connectivity index (χ0n) is 36.7. The highest BCUT2D eigenvalue weighted by atomic mass is 15.1. The standard InChI is InChI=1S/C64H38N4/c1-9-28-50-41(20-1)42-21-2-10-29-51(42)65(50)58-38-40-19-17-18-39-36-37-49-60(59(39)40)61(58)63(67-54-32-13-5-24-45(54)46-25-6-14-33-55(46)67)64(68-56-34-15-7-26-47(56)48-27-8-16-35-57(48)68)62(49)66-52-30-11-3-22-43(52)44-23-4-12-31-53(44)66/h1-38H. The SMILES string of the molecule is c1cc2ccc3c(-n4c5ccccc5c5ccccc54)c(-n4c5ccccc5c5ccccc54)c(-n4c5ccccc5c5ccccc54)c4c(-n5c6ccccc6c6ccccc65)cc(c1)c2c34. The summed E-state index contributed by atoms with van der Waals surface area (Å²) in [6.07, 6.45) is 0. The minimum atomic E-state index is 1.12. The van der Waals surface area contributed by atoms with Crippen molar-refractivity contribution < 1.29 is 0 Å². The first-order valence-corrected chi connectivity index (χ1v) is 23.5. The van der Waals surface area contributed by atoms with Gasteiger partial charge in [0.25, 0.3) is 0 Å². The van der Waals surface area contributed by atoms with E-state index in [1.54, 1.807) is 0 Å². The normalized spacial score (nSPS) is 12.4. The maximum Gasteiger partial charge on any atom is 0.0960 e. The lowest BCUT2D eigenvalue weighted by atomic mass is 9.89. The minimum absolute atomic E-state index is 1.12. The molecule has 4 heteroatoms. The van der Waals surface area contributed by atoms with Gasteiger partial charge in [0, 0.05) is 59.2 Å². The predicted octanol–water partition coefficient (Wildman–Crippen LogP) is 17.0. The van der Waals surface area contributed by atoms with Crippen LogP contribution in [0.3, 0.4) is 0 Å². The van der Waals surface area contributed by atoms with E-state index in [1.807, 2.05) is 0 Å². The fraction of sp³-hybridized carbons (Fsp3) is 0. The average molecular weight is 863 g/mol. The predicted molar refractivity (Wildman–Crippen MR) is 288 cm³/mol. The Balaban J connectivity index is 1.29. The van der Waals surface area contributed by atoms with Crippen LogP contribution >= 0.6 is 0 Å². The van der Waals surface area contributed by atoms with Crippen LogP contribution in [0.2, 0.25) is 0 Å². The molecule has 0 bridgehead atoms. The molecule has 0 radical (unpaired) electrons. The van der Waals surface area contributed by atoms with Crippen LogP contribution in [-0.2, 0) is 0 Å². The van der Waals surface area contributed by atoms with Crippen molar-refractivity contribution in [3.8, 4) is 22.7 Å². The van der Waals surface area contributed by atoms with Crippen molar-refractivity contribution in [3.05, 3.63) is 231 Å². The van der Waals surface area contributed by atoms with E-state index in [4.69, 9.17) is 0 Å². The van der Waals surface area contributed by atoms with E-state index in [0.717, 1.165) is 44.8 Å². The second-order valence-electron chi connectivity index (χ2n) is 18.4. The number of hydrogen-bond donors (Lipinski definition) is 0.